The third-order valence-electron chi connectivity index (χ3n) is 7.78. The number of hydrogen-bond donors (Lipinski definition) is 2. The van der Waals surface area contributed by atoms with Gasteiger partial charge in [-0.05, 0) is 88.2 Å². The second-order valence-corrected chi connectivity index (χ2v) is 13.8. The predicted octanol–water partition coefficient (Wildman–Crippen LogP) is 6.43. The number of hydrogen-bond acceptors (Lipinski definition) is 6. The molecule has 0 spiro atoms. The van der Waals surface area contributed by atoms with Gasteiger partial charge in [0.1, 0.15) is 5.82 Å². The molecule has 0 saturated carbocycles. The lowest BCUT2D eigenvalue weighted by molar-refractivity contribution is -0.119. The van der Waals surface area contributed by atoms with Gasteiger partial charge < -0.3 is 20.1 Å². The molecule has 0 aromatic heterocycles. The summed E-state index contributed by atoms with van der Waals surface area (Å²) in [5.41, 5.74) is 3.96. The van der Waals surface area contributed by atoms with E-state index < -0.39 is 17.6 Å². The molecule has 2 aliphatic carbocycles. The van der Waals surface area contributed by atoms with Crippen molar-refractivity contribution in [2.45, 2.75) is 59.3 Å². The van der Waals surface area contributed by atoms with Crippen LogP contribution in [-0.4, -0.2) is 31.2 Å². The van der Waals surface area contributed by atoms with Gasteiger partial charge >= 0.3 is 0 Å². The number of methoxy groups -OCH3 is 1. The Hall–Kier alpha value is -3.21. The fraction of sp³-hybridized carbons (Fsp3) is 0.406. The predicted molar refractivity (Wildman–Crippen MR) is 162 cm³/mol. The first-order chi connectivity index (χ1) is 19.3. The summed E-state index contributed by atoms with van der Waals surface area (Å²) in [6.07, 6.45) is 2.25. The quantitative estimate of drug-likeness (QED) is 0.344. The number of carbonyl (C=O) groups is 3. The van der Waals surface area contributed by atoms with Gasteiger partial charge in [-0.2, -0.15) is 0 Å². The maximum Gasteiger partial charge on any atom is 0.262 e. The number of rotatable bonds is 6. The third kappa shape index (κ3) is 6.05. The number of allylic oxidation sites excluding steroid dienone is 4. The molecule has 216 valence electrons. The lowest BCUT2D eigenvalue weighted by Crippen LogP contribution is -2.42. The summed E-state index contributed by atoms with van der Waals surface area (Å²) in [7, 11) is 1.51. The van der Waals surface area contributed by atoms with Gasteiger partial charge in [0.15, 0.2) is 29.7 Å². The minimum absolute atomic E-state index is 0.0460. The number of ketones is 2. The van der Waals surface area contributed by atoms with Crippen molar-refractivity contribution >= 4 is 45.8 Å². The molecular formula is C32H34FIN2O5. The number of benzene rings is 2. The van der Waals surface area contributed by atoms with Gasteiger partial charge in [-0.1, -0.05) is 27.7 Å². The normalized spacial score (nSPS) is 19.8. The Bertz CT molecular complexity index is 1450. The molecule has 2 aromatic carbocycles. The van der Waals surface area contributed by atoms with E-state index in [0.717, 1.165) is 17.0 Å². The molecule has 0 fully saturated rings. The fourth-order valence-electron chi connectivity index (χ4n) is 6.14. The number of halogens is 2. The molecule has 2 aromatic rings. The van der Waals surface area contributed by atoms with Crippen LogP contribution in [0.3, 0.4) is 0 Å². The van der Waals surface area contributed by atoms with Gasteiger partial charge in [0.2, 0.25) is 0 Å². The van der Waals surface area contributed by atoms with E-state index in [2.05, 4.69) is 60.9 Å². The van der Waals surface area contributed by atoms with E-state index in [4.69, 9.17) is 9.47 Å². The number of anilines is 1. The summed E-state index contributed by atoms with van der Waals surface area (Å²) in [5, 5.41) is 6.21. The highest BCUT2D eigenvalue weighted by molar-refractivity contribution is 14.1. The van der Waals surface area contributed by atoms with Crippen LogP contribution in [0.25, 0.3) is 0 Å². The lowest BCUT2D eigenvalue weighted by Gasteiger charge is -2.44. The molecule has 1 amide bonds. The highest BCUT2D eigenvalue weighted by atomic mass is 127. The largest absolute Gasteiger partial charge is 0.493 e. The summed E-state index contributed by atoms with van der Waals surface area (Å²) >= 11 is 2.13. The molecule has 9 heteroatoms. The zero-order valence-electron chi connectivity index (χ0n) is 23.9. The zero-order valence-corrected chi connectivity index (χ0v) is 26.0. The summed E-state index contributed by atoms with van der Waals surface area (Å²) in [4.78, 5) is 39.8. The van der Waals surface area contributed by atoms with Crippen LogP contribution in [0, 0.1) is 20.2 Å². The Kier molecular flexibility index (Phi) is 7.78. The van der Waals surface area contributed by atoms with Crippen LogP contribution in [0.5, 0.6) is 11.5 Å². The summed E-state index contributed by atoms with van der Waals surface area (Å²) in [5.74, 6) is -0.434. The average Bonchev–Trinajstić information content (AvgIpc) is 2.86. The fourth-order valence-corrected chi connectivity index (χ4v) is 6.92. The first-order valence-corrected chi connectivity index (χ1v) is 14.7. The van der Waals surface area contributed by atoms with Crippen molar-refractivity contribution in [3.63, 3.8) is 0 Å². The van der Waals surface area contributed by atoms with Crippen molar-refractivity contribution < 1.29 is 28.2 Å². The molecule has 1 heterocycles. The first kappa shape index (κ1) is 29.3. The molecular weight excluding hydrogens is 638 g/mol. The number of ether oxygens (including phenoxy) is 2. The van der Waals surface area contributed by atoms with Gasteiger partial charge in [0.25, 0.3) is 5.91 Å². The van der Waals surface area contributed by atoms with Crippen molar-refractivity contribution in [2.75, 3.05) is 19.0 Å². The van der Waals surface area contributed by atoms with Gasteiger partial charge in [0.05, 0.1) is 10.7 Å². The number of dihydropyridines is 1. The van der Waals surface area contributed by atoms with Crippen molar-refractivity contribution in [3.05, 3.63) is 73.9 Å². The number of amides is 1. The van der Waals surface area contributed by atoms with Gasteiger partial charge in [-0.15, -0.1) is 0 Å². The minimum atomic E-state index is -0.508. The zero-order chi connectivity index (χ0) is 29.7. The summed E-state index contributed by atoms with van der Waals surface area (Å²) in [6, 6.07) is 9.18. The van der Waals surface area contributed by atoms with E-state index in [1.165, 1.54) is 31.4 Å². The Balaban J connectivity index is 1.50. The molecule has 0 bridgehead atoms. The SMILES string of the molecule is COc1cc(C2C3=C(CC(C)(C)CC3=O)NC3=C2C(=O)CC(C)(C)C3)cc(I)c1OCC(=O)Nc1ccc(F)cc1. The maximum absolute atomic E-state index is 13.6. The second kappa shape index (κ2) is 10.9. The highest BCUT2D eigenvalue weighted by Crippen LogP contribution is 2.52. The molecule has 0 saturated heterocycles. The van der Waals surface area contributed by atoms with E-state index in [-0.39, 0.29) is 29.0 Å². The van der Waals surface area contributed by atoms with Crippen LogP contribution in [0.15, 0.2) is 58.9 Å². The van der Waals surface area contributed by atoms with Crippen LogP contribution < -0.4 is 20.1 Å². The summed E-state index contributed by atoms with van der Waals surface area (Å²) in [6.45, 7) is 8.08. The molecule has 41 heavy (non-hydrogen) atoms. The van der Waals surface area contributed by atoms with Crippen molar-refractivity contribution in [2.24, 2.45) is 10.8 Å². The number of nitrogens with one attached hydrogen (secondary N) is 2. The van der Waals surface area contributed by atoms with Gasteiger partial charge in [-0.25, -0.2) is 4.39 Å². The van der Waals surface area contributed by atoms with Crippen LogP contribution in [-0.2, 0) is 14.4 Å². The van der Waals surface area contributed by atoms with E-state index in [1.54, 1.807) is 6.07 Å². The third-order valence-corrected chi connectivity index (χ3v) is 8.58. The highest BCUT2D eigenvalue weighted by Gasteiger charge is 2.46. The Morgan fingerprint density at radius 2 is 1.54 bits per heavy atom. The minimum Gasteiger partial charge on any atom is -0.493 e. The first-order valence-electron chi connectivity index (χ1n) is 13.6. The molecule has 0 unspecified atom stereocenters. The molecule has 0 atom stereocenters. The van der Waals surface area contributed by atoms with Crippen LogP contribution >= 0.6 is 22.6 Å². The van der Waals surface area contributed by atoms with E-state index in [1.807, 2.05) is 6.07 Å². The van der Waals surface area contributed by atoms with Crippen molar-refractivity contribution in [1.82, 2.24) is 5.32 Å². The van der Waals surface area contributed by atoms with Crippen molar-refractivity contribution in [1.29, 1.82) is 0 Å². The Morgan fingerprint density at radius 1 is 0.976 bits per heavy atom. The molecule has 5 rings (SSSR count). The van der Waals surface area contributed by atoms with E-state index in [9.17, 15) is 18.8 Å². The molecule has 7 nitrogen and oxygen atoms in total. The van der Waals surface area contributed by atoms with Crippen LogP contribution in [0.2, 0.25) is 0 Å². The standard InChI is InChI=1S/C32H34FIN2O5/c1-31(2)12-21-28(23(37)14-31)27(29-22(36-21)13-32(3,4)15-24(29)38)17-10-20(34)30(25(11-17)40-5)41-16-26(39)35-19-8-6-18(33)7-9-19/h6-11,27,36H,12-16H2,1-5H3,(H,35,39). The van der Waals surface area contributed by atoms with Gasteiger partial charge in [0, 0.05) is 47.0 Å². The molecule has 1 aliphatic heterocycles. The molecule has 3 aliphatic rings. The Morgan fingerprint density at radius 3 is 2.07 bits per heavy atom. The monoisotopic (exact) mass is 672 g/mol. The average molecular weight is 673 g/mol. The molecule has 2 N–H and O–H groups in total. The number of Topliss-reactive ketones (excluding diaryl/α,β-unsaturated/α-hetero) is 2. The van der Waals surface area contributed by atoms with Crippen LogP contribution in [0.1, 0.15) is 64.9 Å². The van der Waals surface area contributed by atoms with E-state index in [0.29, 0.717) is 57.6 Å². The number of carbonyl (C=O) groups excluding carboxylic acids is 3. The van der Waals surface area contributed by atoms with Gasteiger partial charge in [-0.3, -0.25) is 14.4 Å². The Labute approximate surface area is 253 Å². The second-order valence-electron chi connectivity index (χ2n) is 12.6. The summed E-state index contributed by atoms with van der Waals surface area (Å²) < 4.78 is 25.4. The van der Waals surface area contributed by atoms with E-state index >= 15 is 0 Å². The van der Waals surface area contributed by atoms with Crippen LogP contribution in [0.4, 0.5) is 10.1 Å². The smallest absolute Gasteiger partial charge is 0.262 e. The van der Waals surface area contributed by atoms with Crippen molar-refractivity contribution in [3.8, 4) is 11.5 Å². The lowest BCUT2D eigenvalue weighted by atomic mass is 9.64. The topological polar surface area (TPSA) is 93.7 Å². The maximum atomic E-state index is 13.6. The molecule has 0 radical (unpaired) electrons.